The van der Waals surface area contributed by atoms with E-state index in [1.165, 1.54) is 9.13 Å². The van der Waals surface area contributed by atoms with Gasteiger partial charge in [0.2, 0.25) is 0 Å². The van der Waals surface area contributed by atoms with Gasteiger partial charge in [0, 0.05) is 15.3 Å². The van der Waals surface area contributed by atoms with Crippen LogP contribution in [0, 0.1) is 10.5 Å². The Morgan fingerprint density at radius 2 is 1.94 bits per heavy atom. The van der Waals surface area contributed by atoms with Crippen LogP contribution in [-0.2, 0) is 0 Å². The summed E-state index contributed by atoms with van der Waals surface area (Å²) < 4.78 is 6.36. The average Bonchev–Trinajstić information content (AvgIpc) is 2.37. The summed E-state index contributed by atoms with van der Waals surface area (Å²) in [4.78, 5) is 0. The molecule has 0 unspecified atom stereocenters. The van der Waals surface area contributed by atoms with E-state index in [2.05, 4.69) is 40.9 Å². The van der Waals surface area contributed by atoms with E-state index in [9.17, 15) is 0 Å². The topological polar surface area (TPSA) is 47.3 Å². The number of nitrogen functional groups attached to an aromatic ring is 1. The Hall–Kier alpha value is -1.43. The van der Waals surface area contributed by atoms with Crippen LogP contribution in [0.25, 0.3) is 0 Å². The first kappa shape index (κ1) is 13.0. The van der Waals surface area contributed by atoms with Crippen molar-refractivity contribution in [3.05, 3.63) is 45.5 Å². The summed E-state index contributed by atoms with van der Waals surface area (Å²) in [5.74, 6) is 0.761. The highest BCUT2D eigenvalue weighted by Crippen LogP contribution is 2.29. The van der Waals surface area contributed by atoms with E-state index < -0.39 is 0 Å². The van der Waals surface area contributed by atoms with Gasteiger partial charge in [-0.05, 0) is 59.3 Å². The molecule has 0 amide bonds. The number of rotatable bonds is 3. The maximum atomic E-state index is 5.99. The van der Waals surface area contributed by atoms with Crippen molar-refractivity contribution in [2.45, 2.75) is 6.92 Å². The van der Waals surface area contributed by atoms with Gasteiger partial charge in [0.05, 0.1) is 18.5 Å². The molecular weight excluding hydrogens is 339 g/mol. The molecule has 0 aliphatic rings. The van der Waals surface area contributed by atoms with Gasteiger partial charge in [-0.2, -0.15) is 0 Å². The number of nitrogens with one attached hydrogen (secondary N) is 1. The van der Waals surface area contributed by atoms with E-state index in [-0.39, 0.29) is 0 Å². The second kappa shape index (κ2) is 5.48. The predicted octanol–water partition coefficient (Wildman–Crippen LogP) is 3.93. The third kappa shape index (κ3) is 2.69. The van der Waals surface area contributed by atoms with Crippen molar-refractivity contribution >= 4 is 39.7 Å². The van der Waals surface area contributed by atoms with Gasteiger partial charge in [0.15, 0.2) is 0 Å². The lowest BCUT2D eigenvalue weighted by molar-refractivity contribution is 0.415. The molecule has 18 heavy (non-hydrogen) atoms. The van der Waals surface area contributed by atoms with Crippen LogP contribution >= 0.6 is 22.6 Å². The quantitative estimate of drug-likeness (QED) is 0.649. The smallest absolute Gasteiger partial charge is 0.121 e. The van der Waals surface area contributed by atoms with Gasteiger partial charge >= 0.3 is 0 Å². The number of nitrogens with two attached hydrogens (primary N) is 1. The normalized spacial score (nSPS) is 10.2. The predicted molar refractivity (Wildman–Crippen MR) is 84.6 cm³/mol. The van der Waals surface area contributed by atoms with Gasteiger partial charge in [-0.25, -0.2) is 0 Å². The third-order valence-electron chi connectivity index (χ3n) is 2.80. The minimum absolute atomic E-state index is 0.674. The van der Waals surface area contributed by atoms with Crippen LogP contribution in [0.3, 0.4) is 0 Å². The summed E-state index contributed by atoms with van der Waals surface area (Å²) in [5, 5.41) is 3.35. The van der Waals surface area contributed by atoms with Gasteiger partial charge in [-0.1, -0.05) is 6.07 Å². The maximum Gasteiger partial charge on any atom is 0.121 e. The highest BCUT2D eigenvalue weighted by atomic mass is 127. The molecule has 0 saturated heterocycles. The summed E-state index contributed by atoms with van der Waals surface area (Å²) in [5.41, 5.74) is 9.84. The molecular formula is C14H15IN2O. The molecule has 0 aliphatic heterocycles. The van der Waals surface area contributed by atoms with Crippen LogP contribution in [0.1, 0.15) is 5.56 Å². The maximum absolute atomic E-state index is 5.99. The fourth-order valence-corrected chi connectivity index (χ4v) is 2.17. The summed E-state index contributed by atoms with van der Waals surface area (Å²) >= 11 is 2.32. The van der Waals surface area contributed by atoms with E-state index in [1.54, 1.807) is 7.11 Å². The molecule has 2 aromatic rings. The lowest BCUT2D eigenvalue weighted by Gasteiger charge is -2.13. The molecule has 3 N–H and O–H groups in total. The second-order valence-corrected chi connectivity index (χ2v) is 5.15. The van der Waals surface area contributed by atoms with Crippen molar-refractivity contribution in [2.24, 2.45) is 0 Å². The van der Waals surface area contributed by atoms with E-state index in [0.29, 0.717) is 5.69 Å². The van der Waals surface area contributed by atoms with Gasteiger partial charge in [-0.3, -0.25) is 0 Å². The first-order valence-electron chi connectivity index (χ1n) is 5.57. The largest absolute Gasteiger partial charge is 0.497 e. The van der Waals surface area contributed by atoms with Crippen molar-refractivity contribution in [1.82, 2.24) is 0 Å². The molecule has 0 aliphatic carbocycles. The Kier molecular flexibility index (Phi) is 3.96. The standard InChI is InChI=1S/C14H15IN2O/c1-9-11(15)4-3-5-13(9)17-14-7-6-10(18-2)8-12(14)16/h3-8,17H,16H2,1-2H3. The van der Waals surface area contributed by atoms with Gasteiger partial charge in [0.25, 0.3) is 0 Å². The van der Waals surface area contributed by atoms with Crippen molar-refractivity contribution in [2.75, 3.05) is 18.2 Å². The van der Waals surface area contributed by atoms with Crippen molar-refractivity contribution in [1.29, 1.82) is 0 Å². The number of hydrogen-bond donors (Lipinski definition) is 2. The second-order valence-electron chi connectivity index (χ2n) is 3.99. The SMILES string of the molecule is COc1ccc(Nc2cccc(I)c2C)c(N)c1. The number of ether oxygens (including phenoxy) is 1. The Balaban J connectivity index is 2.31. The zero-order valence-electron chi connectivity index (χ0n) is 10.3. The fraction of sp³-hybridized carbons (Fsp3) is 0.143. The van der Waals surface area contributed by atoms with E-state index in [1.807, 2.05) is 30.3 Å². The zero-order valence-corrected chi connectivity index (χ0v) is 12.5. The first-order valence-corrected chi connectivity index (χ1v) is 6.65. The minimum Gasteiger partial charge on any atom is -0.497 e. The molecule has 0 heterocycles. The number of benzene rings is 2. The number of anilines is 3. The molecule has 0 aromatic heterocycles. The van der Waals surface area contributed by atoms with Crippen LogP contribution < -0.4 is 15.8 Å². The average molecular weight is 354 g/mol. The van der Waals surface area contributed by atoms with Gasteiger partial charge in [-0.15, -0.1) is 0 Å². The molecule has 0 fully saturated rings. The number of methoxy groups -OCH3 is 1. The summed E-state index contributed by atoms with van der Waals surface area (Å²) in [6.45, 7) is 2.09. The lowest BCUT2D eigenvalue weighted by atomic mass is 10.2. The Morgan fingerprint density at radius 3 is 2.61 bits per heavy atom. The molecule has 0 bridgehead atoms. The van der Waals surface area contributed by atoms with Gasteiger partial charge < -0.3 is 15.8 Å². The molecule has 3 nitrogen and oxygen atoms in total. The highest BCUT2D eigenvalue weighted by molar-refractivity contribution is 14.1. The molecule has 0 atom stereocenters. The highest BCUT2D eigenvalue weighted by Gasteiger charge is 2.05. The van der Waals surface area contributed by atoms with Crippen molar-refractivity contribution in [3.8, 4) is 5.75 Å². The zero-order chi connectivity index (χ0) is 13.1. The number of hydrogen-bond acceptors (Lipinski definition) is 3. The Bertz CT molecular complexity index is 570. The molecule has 0 radical (unpaired) electrons. The van der Waals surface area contributed by atoms with Gasteiger partial charge in [0.1, 0.15) is 5.75 Å². The molecule has 4 heteroatoms. The molecule has 0 saturated carbocycles. The summed E-state index contributed by atoms with van der Waals surface area (Å²) in [7, 11) is 1.63. The van der Waals surface area contributed by atoms with Crippen molar-refractivity contribution in [3.63, 3.8) is 0 Å². The molecule has 94 valence electrons. The lowest BCUT2D eigenvalue weighted by Crippen LogP contribution is -1.99. The summed E-state index contributed by atoms with van der Waals surface area (Å²) in [6, 6.07) is 11.8. The van der Waals surface area contributed by atoms with Crippen LogP contribution in [0.2, 0.25) is 0 Å². The monoisotopic (exact) mass is 354 g/mol. The minimum atomic E-state index is 0.674. The summed E-state index contributed by atoms with van der Waals surface area (Å²) in [6.07, 6.45) is 0. The van der Waals surface area contributed by atoms with Crippen molar-refractivity contribution < 1.29 is 4.74 Å². The Morgan fingerprint density at radius 1 is 1.17 bits per heavy atom. The fourth-order valence-electron chi connectivity index (χ4n) is 1.67. The van der Waals surface area contributed by atoms with E-state index in [4.69, 9.17) is 10.5 Å². The molecule has 0 spiro atoms. The van der Waals surface area contributed by atoms with Crippen LogP contribution in [0.15, 0.2) is 36.4 Å². The van der Waals surface area contributed by atoms with Crippen LogP contribution in [0.4, 0.5) is 17.1 Å². The van der Waals surface area contributed by atoms with Crippen LogP contribution in [0.5, 0.6) is 5.75 Å². The molecule has 2 rings (SSSR count). The first-order chi connectivity index (χ1) is 8.61. The van der Waals surface area contributed by atoms with E-state index in [0.717, 1.165) is 17.1 Å². The van der Waals surface area contributed by atoms with Crippen LogP contribution in [-0.4, -0.2) is 7.11 Å². The molecule has 2 aromatic carbocycles. The van der Waals surface area contributed by atoms with E-state index >= 15 is 0 Å². The Labute approximate surface area is 120 Å². The number of halogens is 1. The third-order valence-corrected chi connectivity index (χ3v) is 3.96.